The van der Waals surface area contributed by atoms with Gasteiger partial charge in [0.15, 0.2) is 11.5 Å². The molecule has 48 heavy (non-hydrogen) atoms. The van der Waals surface area contributed by atoms with Crippen molar-refractivity contribution in [1.82, 2.24) is 0 Å². The molecule has 0 radical (unpaired) electrons. The molecule has 1 aliphatic rings. The summed E-state index contributed by atoms with van der Waals surface area (Å²) in [5.74, 6) is -2.10. The number of hydrogen-bond acceptors (Lipinski definition) is 11. The number of carbonyl (C=O) groups is 1. The number of hydrogen-bond donors (Lipinski definition) is 7. The third-order valence-electron chi connectivity index (χ3n) is 8.11. The second-order valence-corrected chi connectivity index (χ2v) is 12.4. The van der Waals surface area contributed by atoms with E-state index in [2.05, 4.69) is 0 Å². The summed E-state index contributed by atoms with van der Waals surface area (Å²) in [5, 5.41) is 72.1. The fraction of sp³-hybridized carbons (Fsp3) is 0.389. The van der Waals surface area contributed by atoms with Crippen molar-refractivity contribution in [3.8, 4) is 28.6 Å². The van der Waals surface area contributed by atoms with Crippen LogP contribution in [0.4, 0.5) is 0 Å². The third-order valence-corrected chi connectivity index (χ3v) is 8.11. The van der Waals surface area contributed by atoms with Gasteiger partial charge in [-0.25, -0.2) is 4.79 Å². The minimum Gasteiger partial charge on any atom is -0.508 e. The van der Waals surface area contributed by atoms with Crippen LogP contribution in [-0.4, -0.2) is 78.5 Å². The molecule has 6 unspecified atom stereocenters. The van der Waals surface area contributed by atoms with Crippen LogP contribution < -0.4 is 10.2 Å². The Bertz CT molecular complexity index is 1810. The molecule has 0 bridgehead atoms. The number of phenolic OH excluding ortho intramolecular Hbond substituents is 2. The Morgan fingerprint density at radius 2 is 1.56 bits per heavy atom. The third kappa shape index (κ3) is 7.97. The van der Waals surface area contributed by atoms with Crippen molar-refractivity contribution in [3.05, 3.63) is 86.6 Å². The summed E-state index contributed by atoms with van der Waals surface area (Å²) in [5.41, 5.74) is 2.80. The van der Waals surface area contributed by atoms with Gasteiger partial charge in [0.1, 0.15) is 46.9 Å². The summed E-state index contributed by atoms with van der Waals surface area (Å²) in [6.07, 6.45) is -4.03. The first-order valence-corrected chi connectivity index (χ1v) is 15.4. The maximum atomic E-state index is 14.2. The zero-order chi connectivity index (χ0) is 35.4. The van der Waals surface area contributed by atoms with Crippen molar-refractivity contribution >= 4 is 16.9 Å². The number of carboxylic acids is 1. The van der Waals surface area contributed by atoms with Crippen molar-refractivity contribution in [1.29, 1.82) is 0 Å². The average molecular weight is 667 g/mol. The number of carboxylic acid groups (broad SMARTS) is 1. The van der Waals surface area contributed by atoms with Crippen molar-refractivity contribution in [2.75, 3.05) is 0 Å². The second kappa shape index (κ2) is 15.2. The molecule has 4 rings (SSSR count). The van der Waals surface area contributed by atoms with Crippen LogP contribution in [0.15, 0.2) is 74.5 Å². The molecular formula is C36H42O12. The van der Waals surface area contributed by atoms with Crippen LogP contribution in [0.5, 0.6) is 17.2 Å². The van der Waals surface area contributed by atoms with Gasteiger partial charge in [-0.15, -0.1) is 0 Å². The van der Waals surface area contributed by atoms with E-state index in [0.717, 1.165) is 17.2 Å². The monoisotopic (exact) mass is 666 g/mol. The van der Waals surface area contributed by atoms with Gasteiger partial charge in [-0.1, -0.05) is 29.4 Å². The molecule has 1 fully saturated rings. The number of aliphatic hydroxyl groups excluding tert-OH is 4. The molecule has 2 aromatic carbocycles. The smallest absolute Gasteiger partial charge is 0.335 e. The van der Waals surface area contributed by atoms with E-state index in [9.17, 15) is 45.3 Å². The quantitative estimate of drug-likeness (QED) is 0.146. The highest BCUT2D eigenvalue weighted by atomic mass is 16.7. The van der Waals surface area contributed by atoms with Crippen LogP contribution in [0.2, 0.25) is 0 Å². The highest BCUT2D eigenvalue weighted by Gasteiger charge is 2.48. The first-order valence-electron chi connectivity index (χ1n) is 15.4. The molecular weight excluding hydrogens is 624 g/mol. The topological polar surface area (TPSA) is 207 Å². The molecule has 0 spiro atoms. The van der Waals surface area contributed by atoms with Crippen molar-refractivity contribution in [2.45, 2.75) is 90.7 Å². The van der Waals surface area contributed by atoms with Crippen molar-refractivity contribution in [2.24, 2.45) is 0 Å². The lowest BCUT2D eigenvalue weighted by Gasteiger charge is -2.38. The predicted octanol–water partition coefficient (Wildman–Crippen LogP) is 3.86. The Balaban J connectivity index is 1.92. The number of aliphatic hydroxyl groups is 4. The number of benzene rings is 2. The van der Waals surface area contributed by atoms with Gasteiger partial charge >= 0.3 is 5.97 Å². The number of aliphatic carboxylic acids is 1. The highest BCUT2D eigenvalue weighted by molar-refractivity contribution is 5.86. The second-order valence-electron chi connectivity index (χ2n) is 12.4. The van der Waals surface area contributed by atoms with Crippen LogP contribution >= 0.6 is 0 Å². The van der Waals surface area contributed by atoms with Crippen LogP contribution in [0, 0.1) is 0 Å². The molecule has 1 saturated heterocycles. The van der Waals surface area contributed by atoms with Crippen LogP contribution in [0.3, 0.4) is 0 Å². The normalized spacial score (nSPS) is 21.9. The number of fused-ring (bicyclic) bond motifs is 1. The number of allylic oxidation sites excluding steroid dienone is 4. The summed E-state index contributed by atoms with van der Waals surface area (Å²) in [6.45, 7) is 9.30. The van der Waals surface area contributed by atoms with E-state index in [1.165, 1.54) is 24.3 Å². The lowest BCUT2D eigenvalue weighted by atomic mass is 9.97. The molecule has 12 heteroatoms. The predicted molar refractivity (Wildman–Crippen MR) is 177 cm³/mol. The molecule has 7 N–H and O–H groups in total. The standard InChI is InChI=1S/C36H42O12/c1-17(2)6-10-22-27(46-36-31(43)29(41)30(42)34(48-36)35(44)45)15-13-24-28(40)23(11-8-19(5)25(38)14-7-18(3)4)32(47-33(22)24)21-12-9-20(37)16-26(21)39/h6-9,12-13,15-16,25,29-31,34,36-39,41-43H,10-11,14H2,1-5H3,(H,44,45)/b19-8-. The zero-order valence-corrected chi connectivity index (χ0v) is 27.4. The van der Waals surface area contributed by atoms with Gasteiger partial charge < -0.3 is 49.6 Å². The van der Waals surface area contributed by atoms with E-state index in [-0.39, 0.29) is 57.9 Å². The molecule has 1 aliphatic heterocycles. The van der Waals surface area contributed by atoms with Gasteiger partial charge in [-0.2, -0.15) is 0 Å². The lowest BCUT2D eigenvalue weighted by Crippen LogP contribution is -2.61. The molecule has 0 amide bonds. The summed E-state index contributed by atoms with van der Waals surface area (Å²) in [6, 6.07) is 6.71. The summed E-state index contributed by atoms with van der Waals surface area (Å²) in [4.78, 5) is 25.9. The van der Waals surface area contributed by atoms with Crippen LogP contribution in [-0.2, 0) is 22.4 Å². The molecule has 258 valence electrons. The van der Waals surface area contributed by atoms with Gasteiger partial charge in [0.05, 0.1) is 17.1 Å². The molecule has 12 nitrogen and oxygen atoms in total. The van der Waals surface area contributed by atoms with E-state index >= 15 is 0 Å². The molecule has 3 aromatic rings. The van der Waals surface area contributed by atoms with Gasteiger partial charge in [0, 0.05) is 17.2 Å². The largest absolute Gasteiger partial charge is 0.508 e. The number of aromatic hydroxyl groups is 2. The lowest BCUT2D eigenvalue weighted by molar-refractivity contribution is -0.271. The summed E-state index contributed by atoms with van der Waals surface area (Å²) >= 11 is 0. The zero-order valence-electron chi connectivity index (χ0n) is 27.4. The average Bonchev–Trinajstić information content (AvgIpc) is 3.02. The minimum absolute atomic E-state index is 0.00174. The van der Waals surface area contributed by atoms with Crippen molar-refractivity contribution < 1.29 is 54.4 Å². The van der Waals surface area contributed by atoms with Crippen LogP contribution in [0.1, 0.15) is 52.2 Å². The Labute approximate surface area is 277 Å². The number of ether oxygens (including phenoxy) is 2. The highest BCUT2D eigenvalue weighted by Crippen LogP contribution is 2.38. The summed E-state index contributed by atoms with van der Waals surface area (Å²) in [7, 11) is 0. The van der Waals surface area contributed by atoms with Gasteiger partial charge in [0.2, 0.25) is 6.29 Å². The fourth-order valence-electron chi connectivity index (χ4n) is 5.27. The van der Waals surface area contributed by atoms with Gasteiger partial charge in [-0.05, 0) is 83.7 Å². The molecule has 1 aromatic heterocycles. The fourth-order valence-corrected chi connectivity index (χ4v) is 5.27. The minimum atomic E-state index is -1.91. The molecule has 0 saturated carbocycles. The number of phenols is 2. The maximum Gasteiger partial charge on any atom is 0.335 e. The molecule has 0 aliphatic carbocycles. The van der Waals surface area contributed by atoms with Gasteiger partial charge in [-0.3, -0.25) is 4.79 Å². The Morgan fingerprint density at radius 1 is 0.896 bits per heavy atom. The van der Waals surface area contributed by atoms with Gasteiger partial charge in [0.25, 0.3) is 0 Å². The Kier molecular flexibility index (Phi) is 11.5. The molecule has 6 atom stereocenters. The Hall–Kier alpha value is -4.46. The molecule has 2 heterocycles. The van der Waals surface area contributed by atoms with E-state index < -0.39 is 48.2 Å². The summed E-state index contributed by atoms with van der Waals surface area (Å²) < 4.78 is 17.7. The number of rotatable bonds is 11. The van der Waals surface area contributed by atoms with E-state index in [1.54, 1.807) is 13.0 Å². The Morgan fingerprint density at radius 3 is 2.19 bits per heavy atom. The van der Waals surface area contributed by atoms with Crippen molar-refractivity contribution in [3.63, 3.8) is 0 Å². The first-order chi connectivity index (χ1) is 22.6. The van der Waals surface area contributed by atoms with E-state index in [0.29, 0.717) is 17.6 Å². The van der Waals surface area contributed by atoms with E-state index in [4.69, 9.17) is 13.9 Å². The van der Waals surface area contributed by atoms with Crippen LogP contribution in [0.25, 0.3) is 22.3 Å². The first kappa shape index (κ1) is 36.4. The van der Waals surface area contributed by atoms with E-state index in [1.807, 2.05) is 39.8 Å². The maximum absolute atomic E-state index is 14.2. The SMILES string of the molecule is CC(C)=CCc1c(OC2OC(C(=O)O)C(O)C(O)C2O)ccc2c(=O)c(C/C=C(/C)C(O)CC=C(C)C)c(-c3ccc(O)cc3O)oc12.